The third-order valence-corrected chi connectivity index (χ3v) is 3.07. The van der Waals surface area contributed by atoms with Crippen LogP contribution in [0.25, 0.3) is 0 Å². The van der Waals surface area contributed by atoms with Crippen LogP contribution in [0, 0.1) is 0 Å². The van der Waals surface area contributed by atoms with E-state index in [9.17, 15) is 22.8 Å². The molecule has 0 bridgehead atoms. The Kier molecular flexibility index (Phi) is 6.38. The summed E-state index contributed by atoms with van der Waals surface area (Å²) in [4.78, 5) is 24.1. The molecule has 0 saturated carbocycles. The number of benzene rings is 1. The number of aliphatic carboxylic acids is 1. The lowest BCUT2D eigenvalue weighted by Gasteiger charge is -2.23. The Morgan fingerprint density at radius 1 is 1.30 bits per heavy atom. The van der Waals surface area contributed by atoms with Gasteiger partial charge in [0, 0.05) is 12.2 Å². The van der Waals surface area contributed by atoms with Gasteiger partial charge < -0.3 is 15.2 Å². The molecule has 1 amide bonds. The minimum atomic E-state index is -4.77. The van der Waals surface area contributed by atoms with Gasteiger partial charge in [0.2, 0.25) is 5.91 Å². The Morgan fingerprint density at radius 2 is 1.87 bits per heavy atom. The van der Waals surface area contributed by atoms with Crippen molar-refractivity contribution in [1.29, 1.82) is 0 Å². The van der Waals surface area contributed by atoms with Crippen molar-refractivity contribution < 1.29 is 32.6 Å². The third kappa shape index (κ3) is 7.00. The molecule has 0 heterocycles. The Hall–Kier alpha value is -2.29. The summed E-state index contributed by atoms with van der Waals surface area (Å²) in [5, 5.41) is 11.1. The van der Waals surface area contributed by atoms with Gasteiger partial charge in [-0.25, -0.2) is 0 Å². The molecule has 1 aromatic rings. The van der Waals surface area contributed by atoms with Crippen molar-refractivity contribution in [3.8, 4) is 5.75 Å². The highest BCUT2D eigenvalue weighted by atomic mass is 19.4. The lowest BCUT2D eigenvalue weighted by Crippen LogP contribution is -2.40. The predicted octanol–water partition coefficient (Wildman–Crippen LogP) is 2.32. The lowest BCUT2D eigenvalue weighted by molar-refractivity contribution is -0.274. The number of halogens is 3. The summed E-state index contributed by atoms with van der Waals surface area (Å²) in [7, 11) is 1.60. The molecule has 0 fully saturated rings. The van der Waals surface area contributed by atoms with Crippen molar-refractivity contribution >= 4 is 17.6 Å². The molecule has 128 valence electrons. The number of carbonyl (C=O) groups is 2. The van der Waals surface area contributed by atoms with E-state index in [0.717, 1.165) is 12.1 Å². The second-order valence-corrected chi connectivity index (χ2v) is 4.86. The molecule has 0 aliphatic heterocycles. The van der Waals surface area contributed by atoms with Crippen LogP contribution in [0.1, 0.15) is 13.3 Å². The molecule has 9 heteroatoms. The highest BCUT2D eigenvalue weighted by Gasteiger charge is 2.31. The van der Waals surface area contributed by atoms with Gasteiger partial charge in [-0.05, 0) is 38.2 Å². The molecule has 6 nitrogen and oxygen atoms in total. The second-order valence-electron chi connectivity index (χ2n) is 4.86. The van der Waals surface area contributed by atoms with Gasteiger partial charge in [-0.3, -0.25) is 14.5 Å². The maximum atomic E-state index is 12.0. The zero-order valence-corrected chi connectivity index (χ0v) is 12.6. The van der Waals surface area contributed by atoms with E-state index in [1.807, 2.05) is 0 Å². The molecule has 0 radical (unpaired) electrons. The normalized spacial score (nSPS) is 12.8. The zero-order valence-electron chi connectivity index (χ0n) is 12.6. The maximum absolute atomic E-state index is 12.0. The Balaban J connectivity index is 2.58. The van der Waals surface area contributed by atoms with Crippen LogP contribution in [0.15, 0.2) is 24.3 Å². The van der Waals surface area contributed by atoms with Crippen molar-refractivity contribution in [3.63, 3.8) is 0 Å². The SMILES string of the molecule is CC(C(=O)Nc1ccc(OC(F)(F)F)cc1)N(C)CCC(=O)O. The van der Waals surface area contributed by atoms with Crippen LogP contribution in [0.5, 0.6) is 5.75 Å². The van der Waals surface area contributed by atoms with Crippen LogP contribution < -0.4 is 10.1 Å². The highest BCUT2D eigenvalue weighted by molar-refractivity contribution is 5.94. The average Bonchev–Trinajstić information content (AvgIpc) is 2.44. The first-order chi connectivity index (χ1) is 10.6. The van der Waals surface area contributed by atoms with E-state index < -0.39 is 24.3 Å². The summed E-state index contributed by atoms with van der Waals surface area (Å²) in [6.07, 6.45) is -4.87. The van der Waals surface area contributed by atoms with Crippen LogP contribution >= 0.6 is 0 Å². The van der Waals surface area contributed by atoms with E-state index in [2.05, 4.69) is 10.1 Å². The first kappa shape index (κ1) is 18.8. The molecule has 23 heavy (non-hydrogen) atoms. The van der Waals surface area contributed by atoms with Crippen molar-refractivity contribution in [2.24, 2.45) is 0 Å². The standard InChI is InChI=1S/C14H17F3N2O4/c1-9(19(2)8-7-12(20)21)13(22)18-10-3-5-11(6-4-10)23-14(15,16)17/h3-6,9H,7-8H2,1-2H3,(H,18,22)(H,20,21). The Bertz CT molecular complexity index is 546. The third-order valence-electron chi connectivity index (χ3n) is 3.07. The predicted molar refractivity (Wildman–Crippen MR) is 76.1 cm³/mol. The molecule has 1 rings (SSSR count). The molecule has 1 atom stereocenters. The number of alkyl halides is 3. The smallest absolute Gasteiger partial charge is 0.481 e. The summed E-state index contributed by atoms with van der Waals surface area (Å²) in [5.74, 6) is -1.76. The van der Waals surface area contributed by atoms with Crippen LogP contribution in [0.4, 0.5) is 18.9 Å². The van der Waals surface area contributed by atoms with Crippen molar-refractivity contribution in [2.45, 2.75) is 25.7 Å². The van der Waals surface area contributed by atoms with Gasteiger partial charge in [0.1, 0.15) is 5.75 Å². The summed E-state index contributed by atoms with van der Waals surface area (Å²) >= 11 is 0. The maximum Gasteiger partial charge on any atom is 0.573 e. The first-order valence-corrected chi connectivity index (χ1v) is 6.67. The van der Waals surface area contributed by atoms with Gasteiger partial charge in [0.05, 0.1) is 12.5 Å². The summed E-state index contributed by atoms with van der Waals surface area (Å²) in [6.45, 7) is 1.79. The van der Waals surface area contributed by atoms with Crippen LogP contribution in [0.2, 0.25) is 0 Å². The topological polar surface area (TPSA) is 78.9 Å². The Morgan fingerprint density at radius 3 is 2.35 bits per heavy atom. The number of carbonyl (C=O) groups excluding carboxylic acids is 1. The van der Waals surface area contributed by atoms with E-state index in [4.69, 9.17) is 5.11 Å². The number of carboxylic acid groups (broad SMARTS) is 1. The summed E-state index contributed by atoms with van der Waals surface area (Å²) in [6, 6.07) is 4.14. The first-order valence-electron chi connectivity index (χ1n) is 6.67. The molecule has 2 N–H and O–H groups in total. The van der Waals surface area contributed by atoms with Crippen LogP contribution in [0.3, 0.4) is 0 Å². The molecule has 1 aromatic carbocycles. The number of hydrogen-bond donors (Lipinski definition) is 2. The van der Waals surface area contributed by atoms with E-state index in [0.29, 0.717) is 5.69 Å². The summed E-state index contributed by atoms with van der Waals surface area (Å²) in [5.41, 5.74) is 0.308. The van der Waals surface area contributed by atoms with Gasteiger partial charge in [-0.1, -0.05) is 0 Å². The lowest BCUT2D eigenvalue weighted by atomic mass is 10.2. The number of nitrogens with zero attached hydrogens (tertiary/aromatic N) is 1. The number of carboxylic acids is 1. The molecule has 1 unspecified atom stereocenters. The molecule has 0 aliphatic rings. The molecular formula is C14H17F3N2O4. The van der Waals surface area contributed by atoms with Gasteiger partial charge in [0.25, 0.3) is 0 Å². The van der Waals surface area contributed by atoms with Gasteiger partial charge in [-0.15, -0.1) is 13.2 Å². The number of ether oxygens (including phenoxy) is 1. The molecule has 0 saturated heterocycles. The van der Waals surface area contributed by atoms with Crippen LogP contribution in [-0.2, 0) is 9.59 Å². The molecular weight excluding hydrogens is 317 g/mol. The minimum absolute atomic E-state index is 0.0996. The Labute approximate surface area is 130 Å². The number of anilines is 1. The van der Waals surface area contributed by atoms with E-state index in [1.165, 1.54) is 12.1 Å². The van der Waals surface area contributed by atoms with Gasteiger partial charge in [-0.2, -0.15) is 0 Å². The zero-order chi connectivity index (χ0) is 17.6. The summed E-state index contributed by atoms with van der Waals surface area (Å²) < 4.78 is 39.8. The quantitative estimate of drug-likeness (QED) is 0.800. The largest absolute Gasteiger partial charge is 0.573 e. The fourth-order valence-corrected chi connectivity index (χ4v) is 1.65. The molecule has 0 aromatic heterocycles. The second kappa shape index (κ2) is 7.82. The fraction of sp³-hybridized carbons (Fsp3) is 0.429. The number of hydrogen-bond acceptors (Lipinski definition) is 4. The number of amides is 1. The molecule has 0 spiro atoms. The fourth-order valence-electron chi connectivity index (χ4n) is 1.65. The van der Waals surface area contributed by atoms with Crippen molar-refractivity contribution in [1.82, 2.24) is 4.90 Å². The van der Waals surface area contributed by atoms with Crippen molar-refractivity contribution in [2.75, 3.05) is 18.9 Å². The average molecular weight is 334 g/mol. The molecule has 0 aliphatic carbocycles. The van der Waals surface area contributed by atoms with E-state index >= 15 is 0 Å². The van der Waals surface area contributed by atoms with E-state index in [1.54, 1.807) is 18.9 Å². The van der Waals surface area contributed by atoms with Gasteiger partial charge >= 0.3 is 12.3 Å². The monoisotopic (exact) mass is 334 g/mol. The number of nitrogens with one attached hydrogen (secondary N) is 1. The van der Waals surface area contributed by atoms with Crippen LogP contribution in [-0.4, -0.2) is 47.9 Å². The highest BCUT2D eigenvalue weighted by Crippen LogP contribution is 2.24. The number of rotatable bonds is 7. The van der Waals surface area contributed by atoms with E-state index in [-0.39, 0.29) is 18.7 Å². The van der Waals surface area contributed by atoms with Crippen molar-refractivity contribution in [3.05, 3.63) is 24.3 Å². The minimum Gasteiger partial charge on any atom is -0.481 e. The number of likely N-dealkylation sites (N-methyl/N-ethyl adjacent to an activating group) is 1. The van der Waals surface area contributed by atoms with Gasteiger partial charge in [0.15, 0.2) is 0 Å².